The van der Waals surface area contributed by atoms with Crippen LogP contribution in [0.3, 0.4) is 0 Å². The van der Waals surface area contributed by atoms with Gasteiger partial charge >= 0.3 is 6.18 Å². The summed E-state index contributed by atoms with van der Waals surface area (Å²) in [5.74, 6) is 0.756. The Morgan fingerprint density at radius 3 is 2.49 bits per heavy atom. The van der Waals surface area contributed by atoms with E-state index in [4.69, 9.17) is 0 Å². The second kappa shape index (κ2) is 11.9. The van der Waals surface area contributed by atoms with Crippen LogP contribution in [-0.2, 0) is 11.0 Å². The maximum Gasteiger partial charge on any atom is 0.416 e. The molecule has 2 aliphatic rings. The Morgan fingerprint density at radius 2 is 1.74 bits per heavy atom. The normalized spacial score (nSPS) is 16.9. The summed E-state index contributed by atoms with van der Waals surface area (Å²) in [4.78, 5) is 32.3. The van der Waals surface area contributed by atoms with Crippen molar-refractivity contribution in [1.82, 2.24) is 9.88 Å². The van der Waals surface area contributed by atoms with Crippen molar-refractivity contribution in [1.29, 1.82) is 0 Å². The van der Waals surface area contributed by atoms with E-state index < -0.39 is 17.6 Å². The van der Waals surface area contributed by atoms with Gasteiger partial charge in [-0.3, -0.25) is 9.59 Å². The van der Waals surface area contributed by atoms with Crippen LogP contribution < -0.4 is 5.32 Å². The Bertz CT molecular complexity index is 1310. The van der Waals surface area contributed by atoms with Crippen LogP contribution in [0.25, 0.3) is 11.1 Å². The number of nitrogens with zero attached hydrogens (tertiary/aromatic N) is 2. The zero-order valence-electron chi connectivity index (χ0n) is 21.7. The average molecular weight is 556 g/mol. The molecule has 0 radical (unpaired) electrons. The molecule has 1 N–H and O–H groups in total. The van der Waals surface area contributed by atoms with Gasteiger partial charge in [0.2, 0.25) is 5.91 Å². The molecule has 1 aliphatic heterocycles. The number of nitrogens with one attached hydrogen (secondary N) is 1. The first kappa shape index (κ1) is 27.4. The van der Waals surface area contributed by atoms with E-state index in [0.717, 1.165) is 36.4 Å². The average Bonchev–Trinajstić information content (AvgIpc) is 3.65. The number of anilines is 1. The van der Waals surface area contributed by atoms with Gasteiger partial charge in [-0.25, -0.2) is 4.98 Å². The van der Waals surface area contributed by atoms with E-state index in [-0.39, 0.29) is 17.5 Å². The molecule has 5 rings (SSSR count). The predicted octanol–water partition coefficient (Wildman–Crippen LogP) is 7.76. The van der Waals surface area contributed by atoms with Gasteiger partial charge in [0.25, 0.3) is 5.91 Å². The largest absolute Gasteiger partial charge is 0.416 e. The standard InChI is InChI=1S/C30H32F3N3O2S/c31-30(32,33)23-9-5-8-22(18-23)24-10-3-4-11-25(24)34-28(38)26-19-39-29(35-26)21-14-16-36(17-15-21)27(37)13-12-20-6-1-2-7-20/h3-5,8-11,18-21H,1-2,6-7,12-17H2,(H,34,38). The summed E-state index contributed by atoms with van der Waals surface area (Å²) < 4.78 is 39.7. The number of hydrogen-bond donors (Lipinski definition) is 1. The van der Waals surface area contributed by atoms with E-state index >= 15 is 0 Å². The number of likely N-dealkylation sites (tertiary alicyclic amines) is 1. The molecule has 2 fully saturated rings. The van der Waals surface area contributed by atoms with Crippen LogP contribution in [0.4, 0.5) is 18.9 Å². The summed E-state index contributed by atoms with van der Waals surface area (Å²) in [6.45, 7) is 1.42. The molecule has 1 aliphatic carbocycles. The number of thiazole rings is 1. The summed E-state index contributed by atoms with van der Waals surface area (Å²) in [7, 11) is 0. The van der Waals surface area contributed by atoms with E-state index in [1.807, 2.05) is 4.90 Å². The molecule has 39 heavy (non-hydrogen) atoms. The van der Waals surface area contributed by atoms with Crippen molar-refractivity contribution < 1.29 is 22.8 Å². The number of alkyl halides is 3. The zero-order valence-corrected chi connectivity index (χ0v) is 22.5. The number of aromatic nitrogens is 1. The van der Waals surface area contributed by atoms with E-state index in [9.17, 15) is 22.8 Å². The molecular weight excluding hydrogens is 523 g/mol. The molecule has 1 saturated carbocycles. The lowest BCUT2D eigenvalue weighted by Crippen LogP contribution is -2.38. The van der Waals surface area contributed by atoms with E-state index in [0.29, 0.717) is 42.2 Å². The molecule has 206 valence electrons. The summed E-state index contributed by atoms with van der Waals surface area (Å²) >= 11 is 1.44. The number of amides is 2. The van der Waals surface area contributed by atoms with E-state index in [1.54, 1.807) is 35.7 Å². The fourth-order valence-electron chi connectivity index (χ4n) is 5.63. The SMILES string of the molecule is O=C(Nc1ccccc1-c1cccc(C(F)(F)F)c1)c1csc(C2CCN(C(=O)CCC3CCCC3)CC2)n1. The summed E-state index contributed by atoms with van der Waals surface area (Å²) in [6, 6.07) is 11.8. The van der Waals surface area contributed by atoms with Crippen LogP contribution in [0.1, 0.15) is 78.3 Å². The van der Waals surface area contributed by atoms with Gasteiger partial charge in [0.05, 0.1) is 10.6 Å². The molecule has 1 aromatic heterocycles. The molecule has 0 unspecified atom stereocenters. The lowest BCUT2D eigenvalue weighted by molar-refractivity contribution is -0.137. The highest BCUT2D eigenvalue weighted by atomic mass is 32.1. The summed E-state index contributed by atoms with van der Waals surface area (Å²) in [5, 5.41) is 5.43. The third kappa shape index (κ3) is 6.69. The third-order valence-electron chi connectivity index (χ3n) is 7.87. The molecule has 2 aromatic carbocycles. The zero-order chi connectivity index (χ0) is 27.4. The summed E-state index contributed by atoms with van der Waals surface area (Å²) in [6.07, 6.45) is 3.92. The first-order valence-corrected chi connectivity index (χ1v) is 14.5. The smallest absolute Gasteiger partial charge is 0.343 e. The molecule has 0 bridgehead atoms. The van der Waals surface area contributed by atoms with Gasteiger partial charge in [0, 0.05) is 42.1 Å². The van der Waals surface area contributed by atoms with E-state index in [2.05, 4.69) is 10.3 Å². The van der Waals surface area contributed by atoms with Gasteiger partial charge in [0.15, 0.2) is 0 Å². The van der Waals surface area contributed by atoms with Gasteiger partial charge in [-0.15, -0.1) is 11.3 Å². The van der Waals surface area contributed by atoms with Gasteiger partial charge in [-0.1, -0.05) is 56.0 Å². The number of hydrogen-bond acceptors (Lipinski definition) is 4. The van der Waals surface area contributed by atoms with Crippen molar-refractivity contribution in [3.63, 3.8) is 0 Å². The molecule has 2 heterocycles. The monoisotopic (exact) mass is 555 g/mol. The highest BCUT2D eigenvalue weighted by Gasteiger charge is 2.31. The van der Waals surface area contributed by atoms with Crippen molar-refractivity contribution in [3.8, 4) is 11.1 Å². The van der Waals surface area contributed by atoms with Crippen LogP contribution in [0.15, 0.2) is 53.9 Å². The van der Waals surface area contributed by atoms with Gasteiger partial charge in [0.1, 0.15) is 5.69 Å². The molecule has 9 heteroatoms. The molecule has 3 aromatic rings. The second-order valence-corrected chi connectivity index (χ2v) is 11.4. The number of halogens is 3. The predicted molar refractivity (Wildman–Crippen MR) is 147 cm³/mol. The maximum absolute atomic E-state index is 13.2. The Kier molecular flexibility index (Phi) is 8.35. The Morgan fingerprint density at radius 1 is 1.00 bits per heavy atom. The molecule has 5 nitrogen and oxygen atoms in total. The highest BCUT2D eigenvalue weighted by Crippen LogP contribution is 2.35. The minimum Gasteiger partial charge on any atom is -0.343 e. The van der Waals surface area contributed by atoms with Gasteiger partial charge < -0.3 is 10.2 Å². The quantitative estimate of drug-likeness (QED) is 0.324. The first-order valence-electron chi connectivity index (χ1n) is 13.6. The summed E-state index contributed by atoms with van der Waals surface area (Å²) in [5.41, 5.74) is 0.818. The number of piperidine rings is 1. The van der Waals surface area contributed by atoms with Crippen LogP contribution in [0.5, 0.6) is 0 Å². The second-order valence-electron chi connectivity index (χ2n) is 10.5. The molecule has 2 amide bonds. The highest BCUT2D eigenvalue weighted by molar-refractivity contribution is 7.10. The van der Waals surface area contributed by atoms with Crippen molar-refractivity contribution in [3.05, 3.63) is 70.2 Å². The fraction of sp³-hybridized carbons (Fsp3) is 0.433. The van der Waals surface area contributed by atoms with Crippen molar-refractivity contribution in [2.75, 3.05) is 18.4 Å². The minimum atomic E-state index is -4.45. The number of carbonyl (C=O) groups excluding carboxylic acids is 2. The Balaban J connectivity index is 1.19. The number of carbonyl (C=O) groups is 2. The lowest BCUT2D eigenvalue weighted by Gasteiger charge is -2.31. The topological polar surface area (TPSA) is 62.3 Å². The lowest BCUT2D eigenvalue weighted by atomic mass is 9.96. The van der Waals surface area contributed by atoms with Crippen LogP contribution in [-0.4, -0.2) is 34.8 Å². The third-order valence-corrected chi connectivity index (χ3v) is 8.88. The molecular formula is C30H32F3N3O2S. The number of para-hydroxylation sites is 1. The van der Waals surface area contributed by atoms with E-state index in [1.165, 1.54) is 43.1 Å². The minimum absolute atomic E-state index is 0.202. The first-order chi connectivity index (χ1) is 18.8. The van der Waals surface area contributed by atoms with Crippen LogP contribution in [0, 0.1) is 5.92 Å². The Hall–Kier alpha value is -3.20. The molecule has 0 atom stereocenters. The van der Waals surface area contributed by atoms with Crippen molar-refractivity contribution in [2.24, 2.45) is 5.92 Å². The fourth-order valence-corrected chi connectivity index (χ4v) is 6.60. The Labute approximate surface area is 230 Å². The van der Waals surface area contributed by atoms with Crippen molar-refractivity contribution in [2.45, 2.75) is 63.5 Å². The molecule has 0 spiro atoms. The number of rotatable bonds is 7. The van der Waals surface area contributed by atoms with Gasteiger partial charge in [-0.2, -0.15) is 13.2 Å². The van der Waals surface area contributed by atoms with Crippen molar-refractivity contribution >= 4 is 28.8 Å². The van der Waals surface area contributed by atoms with Crippen LogP contribution in [0.2, 0.25) is 0 Å². The van der Waals surface area contributed by atoms with Crippen LogP contribution >= 0.6 is 11.3 Å². The maximum atomic E-state index is 13.2. The van der Waals surface area contributed by atoms with Gasteiger partial charge in [-0.05, 0) is 48.9 Å². The number of benzene rings is 2. The molecule has 1 saturated heterocycles.